The molecule has 0 heterocycles. The second-order valence-electron chi connectivity index (χ2n) is 3.96. The summed E-state index contributed by atoms with van der Waals surface area (Å²) in [4.78, 5) is 0. The predicted octanol–water partition coefficient (Wildman–Crippen LogP) is 3.58. The first kappa shape index (κ1) is 11.5. The summed E-state index contributed by atoms with van der Waals surface area (Å²) in [6, 6.07) is 15.9. The maximum absolute atomic E-state index is 5.71. The van der Waals surface area contributed by atoms with E-state index in [1.165, 1.54) is 11.1 Å². The van der Waals surface area contributed by atoms with Gasteiger partial charge in [0, 0.05) is 6.07 Å². The van der Waals surface area contributed by atoms with E-state index in [1.807, 2.05) is 30.3 Å². The smallest absolute Gasteiger partial charge is 0.123 e. The van der Waals surface area contributed by atoms with Gasteiger partial charge in [-0.3, -0.25) is 0 Å². The van der Waals surface area contributed by atoms with Crippen LogP contribution in [0.15, 0.2) is 48.5 Å². The predicted molar refractivity (Wildman–Crippen MR) is 68.5 cm³/mol. The van der Waals surface area contributed by atoms with Gasteiger partial charge in [-0.25, -0.2) is 0 Å². The lowest BCUT2D eigenvalue weighted by Crippen LogP contribution is -1.95. The zero-order valence-electron chi connectivity index (χ0n) is 10.1. The zero-order valence-corrected chi connectivity index (χ0v) is 10.1. The summed E-state index contributed by atoms with van der Waals surface area (Å²) in [5.41, 5.74) is 2.42. The Bertz CT molecular complexity index is 492. The third kappa shape index (κ3) is 3.25. The molecule has 0 fully saturated rings. The molecule has 0 saturated carbocycles. The van der Waals surface area contributed by atoms with Crippen molar-refractivity contribution in [2.45, 2.75) is 13.5 Å². The molecule has 2 nitrogen and oxygen atoms in total. The Morgan fingerprint density at radius 3 is 2.47 bits per heavy atom. The van der Waals surface area contributed by atoms with Crippen molar-refractivity contribution < 1.29 is 9.47 Å². The normalized spacial score (nSPS) is 10.0. The summed E-state index contributed by atoms with van der Waals surface area (Å²) in [7, 11) is 1.65. The van der Waals surface area contributed by atoms with Crippen LogP contribution < -0.4 is 9.47 Å². The number of aryl methyl sites for hydroxylation is 1. The van der Waals surface area contributed by atoms with Gasteiger partial charge in [-0.15, -0.1) is 0 Å². The molecule has 0 bridgehead atoms. The number of methoxy groups -OCH3 is 1. The highest BCUT2D eigenvalue weighted by Gasteiger charge is 1.98. The fourth-order valence-electron chi connectivity index (χ4n) is 1.66. The van der Waals surface area contributed by atoms with Crippen molar-refractivity contribution in [2.24, 2.45) is 0 Å². The van der Waals surface area contributed by atoms with Crippen LogP contribution in [0.25, 0.3) is 0 Å². The monoisotopic (exact) mass is 228 g/mol. The molecule has 0 amide bonds. The summed E-state index contributed by atoms with van der Waals surface area (Å²) in [5, 5.41) is 0. The molecule has 0 saturated heterocycles. The second-order valence-corrected chi connectivity index (χ2v) is 3.96. The van der Waals surface area contributed by atoms with Gasteiger partial charge in [-0.1, -0.05) is 35.9 Å². The van der Waals surface area contributed by atoms with Crippen LogP contribution in [0.4, 0.5) is 0 Å². The summed E-state index contributed by atoms with van der Waals surface area (Å²) in [6.07, 6.45) is 0. The lowest BCUT2D eigenvalue weighted by molar-refractivity contribution is 0.303. The summed E-state index contributed by atoms with van der Waals surface area (Å²) < 4.78 is 10.9. The van der Waals surface area contributed by atoms with Gasteiger partial charge in [0.1, 0.15) is 18.1 Å². The first-order chi connectivity index (χ1) is 8.28. The van der Waals surface area contributed by atoms with Crippen LogP contribution in [0.5, 0.6) is 11.5 Å². The van der Waals surface area contributed by atoms with Crippen LogP contribution in [0.2, 0.25) is 0 Å². The van der Waals surface area contributed by atoms with Gasteiger partial charge in [-0.2, -0.15) is 0 Å². The lowest BCUT2D eigenvalue weighted by atomic mass is 10.1. The van der Waals surface area contributed by atoms with E-state index in [-0.39, 0.29) is 0 Å². The van der Waals surface area contributed by atoms with E-state index < -0.39 is 0 Å². The van der Waals surface area contributed by atoms with Gasteiger partial charge in [0.05, 0.1) is 7.11 Å². The largest absolute Gasteiger partial charge is 0.497 e. The van der Waals surface area contributed by atoms with Crippen molar-refractivity contribution >= 4 is 0 Å². The Kier molecular flexibility index (Phi) is 3.66. The molecule has 2 aromatic carbocycles. The van der Waals surface area contributed by atoms with Crippen molar-refractivity contribution in [3.05, 3.63) is 59.7 Å². The third-order valence-corrected chi connectivity index (χ3v) is 2.53. The fourth-order valence-corrected chi connectivity index (χ4v) is 1.66. The van der Waals surface area contributed by atoms with E-state index in [1.54, 1.807) is 7.11 Å². The molecule has 17 heavy (non-hydrogen) atoms. The maximum Gasteiger partial charge on any atom is 0.123 e. The SMILES string of the molecule is COc1cccc(OCc2cccc(C)c2)c1. The zero-order chi connectivity index (χ0) is 12.1. The van der Waals surface area contributed by atoms with Crippen molar-refractivity contribution in [3.63, 3.8) is 0 Å². The second kappa shape index (κ2) is 5.39. The first-order valence-corrected chi connectivity index (χ1v) is 5.60. The number of rotatable bonds is 4. The highest BCUT2D eigenvalue weighted by Crippen LogP contribution is 2.20. The van der Waals surface area contributed by atoms with Crippen molar-refractivity contribution in [3.8, 4) is 11.5 Å². The molecule has 0 atom stereocenters. The molecule has 88 valence electrons. The number of hydrogen-bond acceptors (Lipinski definition) is 2. The van der Waals surface area contributed by atoms with Gasteiger partial charge in [-0.05, 0) is 24.6 Å². The Morgan fingerprint density at radius 1 is 0.941 bits per heavy atom. The van der Waals surface area contributed by atoms with Gasteiger partial charge >= 0.3 is 0 Å². The van der Waals surface area contributed by atoms with E-state index in [4.69, 9.17) is 9.47 Å². The summed E-state index contributed by atoms with van der Waals surface area (Å²) in [6.45, 7) is 2.66. The van der Waals surface area contributed by atoms with Gasteiger partial charge in [0.15, 0.2) is 0 Å². The molecule has 2 aromatic rings. The Hall–Kier alpha value is -1.96. The van der Waals surface area contributed by atoms with Crippen LogP contribution in [0.3, 0.4) is 0 Å². The van der Waals surface area contributed by atoms with Crippen LogP contribution in [-0.4, -0.2) is 7.11 Å². The van der Waals surface area contributed by atoms with Crippen molar-refractivity contribution in [2.75, 3.05) is 7.11 Å². The summed E-state index contributed by atoms with van der Waals surface area (Å²) in [5.74, 6) is 1.64. The minimum atomic E-state index is 0.578. The van der Waals surface area contributed by atoms with Crippen LogP contribution in [-0.2, 0) is 6.61 Å². The average Bonchev–Trinajstić information content (AvgIpc) is 2.37. The van der Waals surface area contributed by atoms with Crippen LogP contribution in [0.1, 0.15) is 11.1 Å². The maximum atomic E-state index is 5.71. The van der Waals surface area contributed by atoms with E-state index >= 15 is 0 Å². The third-order valence-electron chi connectivity index (χ3n) is 2.53. The van der Waals surface area contributed by atoms with Crippen LogP contribution in [0, 0.1) is 6.92 Å². The fraction of sp³-hybridized carbons (Fsp3) is 0.200. The molecule has 0 aliphatic rings. The minimum absolute atomic E-state index is 0.578. The topological polar surface area (TPSA) is 18.5 Å². The van der Waals surface area contributed by atoms with Crippen molar-refractivity contribution in [1.82, 2.24) is 0 Å². The quantitative estimate of drug-likeness (QED) is 0.796. The van der Waals surface area contributed by atoms with E-state index in [0.29, 0.717) is 6.61 Å². The molecule has 0 unspecified atom stereocenters. The first-order valence-electron chi connectivity index (χ1n) is 5.60. The average molecular weight is 228 g/mol. The molecular formula is C15H16O2. The number of hydrogen-bond donors (Lipinski definition) is 0. The molecule has 0 aromatic heterocycles. The standard InChI is InChI=1S/C15H16O2/c1-12-5-3-6-13(9-12)11-17-15-8-4-7-14(10-15)16-2/h3-10H,11H2,1-2H3. The molecule has 0 radical (unpaired) electrons. The summed E-state index contributed by atoms with van der Waals surface area (Å²) >= 11 is 0. The number of ether oxygens (including phenoxy) is 2. The molecule has 0 spiro atoms. The minimum Gasteiger partial charge on any atom is -0.497 e. The van der Waals surface area contributed by atoms with Gasteiger partial charge in [0.25, 0.3) is 0 Å². The molecule has 0 aliphatic heterocycles. The Morgan fingerprint density at radius 2 is 1.71 bits per heavy atom. The number of benzene rings is 2. The van der Waals surface area contributed by atoms with E-state index in [2.05, 4.69) is 25.1 Å². The van der Waals surface area contributed by atoms with Gasteiger partial charge < -0.3 is 9.47 Å². The van der Waals surface area contributed by atoms with Gasteiger partial charge in [0.2, 0.25) is 0 Å². The van der Waals surface area contributed by atoms with Crippen molar-refractivity contribution in [1.29, 1.82) is 0 Å². The highest BCUT2D eigenvalue weighted by atomic mass is 16.5. The molecule has 0 aliphatic carbocycles. The lowest BCUT2D eigenvalue weighted by Gasteiger charge is -2.08. The molecule has 2 heteroatoms. The van der Waals surface area contributed by atoms with E-state index in [9.17, 15) is 0 Å². The molecule has 0 N–H and O–H groups in total. The van der Waals surface area contributed by atoms with Crippen LogP contribution >= 0.6 is 0 Å². The van der Waals surface area contributed by atoms with E-state index in [0.717, 1.165) is 11.5 Å². The highest BCUT2D eigenvalue weighted by molar-refractivity contribution is 5.33. The molecular weight excluding hydrogens is 212 g/mol. The Balaban J connectivity index is 2.02. The Labute approximate surface area is 102 Å². The molecule has 2 rings (SSSR count).